The van der Waals surface area contributed by atoms with E-state index in [0.717, 1.165) is 12.0 Å². The van der Waals surface area contributed by atoms with Gasteiger partial charge in [0.2, 0.25) is 0 Å². The lowest BCUT2D eigenvalue weighted by molar-refractivity contribution is 0.200. The second kappa shape index (κ2) is 7.84. The maximum atomic E-state index is 12.3. The van der Waals surface area contributed by atoms with Gasteiger partial charge in [-0.15, -0.1) is 0 Å². The van der Waals surface area contributed by atoms with Crippen LogP contribution in [0.5, 0.6) is 0 Å². The standard InChI is InChI=1S/C16H21ClN4O/c1-3-14(11-21-9-8-18-12-21)19-16(22)20(2)10-13-6-4-5-7-15(13)17/h4-9,12,14H,3,10-11H2,1-2H3,(H,19,22)/t14-/m1/s1. The zero-order valence-corrected chi connectivity index (χ0v) is 13.6. The Hall–Kier alpha value is -2.01. The predicted molar refractivity (Wildman–Crippen MR) is 87.8 cm³/mol. The Morgan fingerprint density at radius 1 is 1.45 bits per heavy atom. The first-order valence-electron chi connectivity index (χ1n) is 7.31. The van der Waals surface area contributed by atoms with Crippen LogP contribution in [0.1, 0.15) is 18.9 Å². The number of benzene rings is 1. The largest absolute Gasteiger partial charge is 0.335 e. The molecule has 0 aliphatic heterocycles. The summed E-state index contributed by atoms with van der Waals surface area (Å²) in [6.07, 6.45) is 6.23. The summed E-state index contributed by atoms with van der Waals surface area (Å²) < 4.78 is 1.96. The van der Waals surface area contributed by atoms with Gasteiger partial charge in [0.15, 0.2) is 0 Å². The summed E-state index contributed by atoms with van der Waals surface area (Å²) in [5, 5.41) is 3.71. The van der Waals surface area contributed by atoms with E-state index < -0.39 is 0 Å². The second-order valence-corrected chi connectivity index (χ2v) is 5.67. The van der Waals surface area contributed by atoms with Crippen molar-refractivity contribution in [3.63, 3.8) is 0 Å². The molecule has 0 saturated carbocycles. The lowest BCUT2D eigenvalue weighted by Crippen LogP contribution is -2.44. The molecule has 0 saturated heterocycles. The van der Waals surface area contributed by atoms with Gasteiger partial charge in [-0.25, -0.2) is 9.78 Å². The number of aromatic nitrogens is 2. The first-order valence-corrected chi connectivity index (χ1v) is 7.68. The lowest BCUT2D eigenvalue weighted by atomic mass is 10.2. The summed E-state index contributed by atoms with van der Waals surface area (Å²) in [5.74, 6) is 0. The fraction of sp³-hybridized carbons (Fsp3) is 0.375. The highest BCUT2D eigenvalue weighted by Gasteiger charge is 2.15. The summed E-state index contributed by atoms with van der Waals surface area (Å²) in [5.41, 5.74) is 0.935. The van der Waals surface area contributed by atoms with Crippen LogP contribution in [0.25, 0.3) is 0 Å². The maximum Gasteiger partial charge on any atom is 0.317 e. The molecule has 0 fully saturated rings. The molecule has 0 radical (unpaired) electrons. The number of hydrogen-bond donors (Lipinski definition) is 1. The van der Waals surface area contributed by atoms with E-state index in [-0.39, 0.29) is 12.1 Å². The third-order valence-electron chi connectivity index (χ3n) is 3.52. The van der Waals surface area contributed by atoms with Crippen molar-refractivity contribution in [1.82, 2.24) is 19.8 Å². The quantitative estimate of drug-likeness (QED) is 0.889. The van der Waals surface area contributed by atoms with Crippen LogP contribution in [0.15, 0.2) is 43.0 Å². The fourth-order valence-corrected chi connectivity index (χ4v) is 2.36. The van der Waals surface area contributed by atoms with Crippen molar-refractivity contribution in [3.05, 3.63) is 53.6 Å². The third-order valence-corrected chi connectivity index (χ3v) is 3.89. The topological polar surface area (TPSA) is 50.2 Å². The molecule has 1 atom stereocenters. The molecule has 1 aromatic heterocycles. The number of nitrogens with zero attached hydrogens (tertiary/aromatic N) is 3. The number of rotatable bonds is 6. The number of halogens is 1. The van der Waals surface area contributed by atoms with Gasteiger partial charge in [0, 0.05) is 43.6 Å². The normalized spacial score (nSPS) is 12.0. The Labute approximate surface area is 135 Å². The second-order valence-electron chi connectivity index (χ2n) is 5.26. The molecule has 2 rings (SSSR count). The molecular weight excluding hydrogens is 300 g/mol. The number of urea groups is 1. The van der Waals surface area contributed by atoms with Gasteiger partial charge in [0.05, 0.1) is 6.33 Å². The Balaban J connectivity index is 1.91. The molecule has 0 unspecified atom stereocenters. The van der Waals surface area contributed by atoms with Crippen LogP contribution < -0.4 is 5.32 Å². The highest BCUT2D eigenvalue weighted by atomic mass is 35.5. The van der Waals surface area contributed by atoms with Crippen LogP contribution in [-0.2, 0) is 13.1 Å². The summed E-state index contributed by atoms with van der Waals surface area (Å²) in [6, 6.07) is 7.51. The predicted octanol–water partition coefficient (Wildman–Crippen LogP) is 3.16. The first-order chi connectivity index (χ1) is 10.6. The van der Waals surface area contributed by atoms with Crippen molar-refractivity contribution in [2.75, 3.05) is 7.05 Å². The van der Waals surface area contributed by atoms with Gasteiger partial charge in [-0.2, -0.15) is 0 Å². The Bertz CT molecular complexity index is 600. The molecule has 1 heterocycles. The number of carbonyl (C=O) groups is 1. The van der Waals surface area contributed by atoms with Gasteiger partial charge >= 0.3 is 6.03 Å². The molecular formula is C16H21ClN4O. The molecule has 118 valence electrons. The van der Waals surface area contributed by atoms with Gasteiger partial charge in [-0.1, -0.05) is 36.7 Å². The number of carbonyl (C=O) groups excluding carboxylic acids is 1. The lowest BCUT2D eigenvalue weighted by Gasteiger charge is -2.23. The van der Waals surface area contributed by atoms with Crippen LogP contribution >= 0.6 is 11.6 Å². The molecule has 5 nitrogen and oxygen atoms in total. The first kappa shape index (κ1) is 16.4. The van der Waals surface area contributed by atoms with E-state index in [1.807, 2.05) is 35.0 Å². The molecule has 0 spiro atoms. The molecule has 1 N–H and O–H groups in total. The third kappa shape index (κ3) is 4.49. The molecule has 2 amide bonds. The molecule has 22 heavy (non-hydrogen) atoms. The minimum absolute atomic E-state index is 0.0652. The smallest absolute Gasteiger partial charge is 0.317 e. The van der Waals surface area contributed by atoms with Crippen molar-refractivity contribution < 1.29 is 4.79 Å². The fourth-order valence-electron chi connectivity index (χ4n) is 2.16. The van der Waals surface area contributed by atoms with Gasteiger partial charge in [0.25, 0.3) is 0 Å². The van der Waals surface area contributed by atoms with Crippen LogP contribution in [0, 0.1) is 0 Å². The Kier molecular flexibility index (Phi) is 5.83. The van der Waals surface area contributed by atoms with Crippen molar-refractivity contribution in [3.8, 4) is 0 Å². The van der Waals surface area contributed by atoms with E-state index in [2.05, 4.69) is 17.2 Å². The molecule has 2 aromatic rings. The zero-order chi connectivity index (χ0) is 15.9. The molecule has 0 aliphatic carbocycles. The summed E-state index contributed by atoms with van der Waals surface area (Å²) in [7, 11) is 1.77. The SMILES string of the molecule is CC[C@H](Cn1ccnc1)NC(=O)N(C)Cc1ccccc1Cl. The number of nitrogens with one attached hydrogen (secondary N) is 1. The minimum Gasteiger partial charge on any atom is -0.335 e. The van der Waals surface area contributed by atoms with E-state index in [4.69, 9.17) is 11.6 Å². The number of imidazole rings is 1. The summed E-state index contributed by atoms with van der Waals surface area (Å²) in [6.45, 7) is 3.24. The Morgan fingerprint density at radius 3 is 2.86 bits per heavy atom. The summed E-state index contributed by atoms with van der Waals surface area (Å²) >= 11 is 6.13. The van der Waals surface area contributed by atoms with Gasteiger partial charge in [0.1, 0.15) is 0 Å². The molecule has 0 aliphatic rings. The van der Waals surface area contributed by atoms with Crippen LogP contribution in [-0.4, -0.2) is 33.6 Å². The van der Waals surface area contributed by atoms with Gasteiger partial charge in [-0.3, -0.25) is 0 Å². The highest BCUT2D eigenvalue weighted by Crippen LogP contribution is 2.16. The van der Waals surface area contributed by atoms with Gasteiger partial charge in [-0.05, 0) is 18.1 Å². The summed E-state index contributed by atoms with van der Waals surface area (Å²) in [4.78, 5) is 18.0. The average Bonchev–Trinajstić information content (AvgIpc) is 3.01. The van der Waals surface area contributed by atoms with E-state index in [9.17, 15) is 4.79 Å². The van der Waals surface area contributed by atoms with Crippen molar-refractivity contribution in [1.29, 1.82) is 0 Å². The monoisotopic (exact) mass is 320 g/mol. The number of hydrogen-bond acceptors (Lipinski definition) is 2. The van der Waals surface area contributed by atoms with Gasteiger partial charge < -0.3 is 14.8 Å². The molecule has 1 aromatic carbocycles. The average molecular weight is 321 g/mol. The van der Waals surface area contributed by atoms with Crippen LogP contribution in [0.2, 0.25) is 5.02 Å². The van der Waals surface area contributed by atoms with Crippen LogP contribution in [0.4, 0.5) is 4.79 Å². The van der Waals surface area contributed by atoms with Crippen LogP contribution in [0.3, 0.4) is 0 Å². The van der Waals surface area contributed by atoms with E-state index in [1.165, 1.54) is 0 Å². The minimum atomic E-state index is -0.105. The van der Waals surface area contributed by atoms with Crippen molar-refractivity contribution >= 4 is 17.6 Å². The van der Waals surface area contributed by atoms with E-state index >= 15 is 0 Å². The maximum absolute atomic E-state index is 12.3. The molecule has 0 bridgehead atoms. The zero-order valence-electron chi connectivity index (χ0n) is 12.9. The van der Waals surface area contributed by atoms with E-state index in [1.54, 1.807) is 24.5 Å². The van der Waals surface area contributed by atoms with Crippen molar-refractivity contribution in [2.45, 2.75) is 32.5 Å². The Morgan fingerprint density at radius 2 is 2.23 bits per heavy atom. The molecule has 6 heteroatoms. The highest BCUT2D eigenvalue weighted by molar-refractivity contribution is 6.31. The van der Waals surface area contributed by atoms with Crippen molar-refractivity contribution in [2.24, 2.45) is 0 Å². The van der Waals surface area contributed by atoms with E-state index in [0.29, 0.717) is 18.1 Å². The number of amides is 2.